The topological polar surface area (TPSA) is 64.6 Å². The number of rotatable bonds is 9. The fraction of sp³-hybridized carbons (Fsp3) is 0.529. The van der Waals surface area contributed by atoms with Gasteiger partial charge in [0.05, 0.1) is 6.61 Å². The number of esters is 2. The zero-order valence-electron chi connectivity index (χ0n) is 13.5. The third-order valence-electron chi connectivity index (χ3n) is 3.18. The van der Waals surface area contributed by atoms with Crippen molar-refractivity contribution >= 4 is 11.9 Å². The van der Waals surface area contributed by atoms with Crippen LogP contribution in [0.3, 0.4) is 0 Å². The molecule has 1 rings (SSSR count). The number of nitrogens with one attached hydrogen (secondary N) is 1. The molecule has 5 nitrogen and oxygen atoms in total. The predicted molar refractivity (Wildman–Crippen MR) is 84.2 cm³/mol. The summed E-state index contributed by atoms with van der Waals surface area (Å²) in [5, 5.41) is 2.99. The first-order valence-electron chi connectivity index (χ1n) is 7.71. The third-order valence-corrected chi connectivity index (χ3v) is 3.18. The van der Waals surface area contributed by atoms with Crippen LogP contribution < -0.4 is 5.32 Å². The van der Waals surface area contributed by atoms with Crippen molar-refractivity contribution in [3.8, 4) is 0 Å². The SMILES string of the molecule is CCCC(N[C@H](C)C(=O)OCc1ccccc1)C(=O)OCC. The van der Waals surface area contributed by atoms with E-state index in [1.54, 1.807) is 13.8 Å². The maximum absolute atomic E-state index is 12.0. The van der Waals surface area contributed by atoms with Gasteiger partial charge in [-0.1, -0.05) is 43.7 Å². The average Bonchev–Trinajstić information content (AvgIpc) is 2.53. The number of hydrogen-bond acceptors (Lipinski definition) is 5. The molecule has 0 saturated heterocycles. The van der Waals surface area contributed by atoms with Crippen molar-refractivity contribution in [3.63, 3.8) is 0 Å². The lowest BCUT2D eigenvalue weighted by atomic mass is 10.1. The van der Waals surface area contributed by atoms with Gasteiger partial charge in [-0.05, 0) is 25.8 Å². The van der Waals surface area contributed by atoms with Gasteiger partial charge in [-0.15, -0.1) is 0 Å². The van der Waals surface area contributed by atoms with Crippen LogP contribution in [0.4, 0.5) is 0 Å². The summed E-state index contributed by atoms with van der Waals surface area (Å²) in [6, 6.07) is 8.43. The maximum atomic E-state index is 12.0. The van der Waals surface area contributed by atoms with Crippen LogP contribution in [0.5, 0.6) is 0 Å². The van der Waals surface area contributed by atoms with Gasteiger partial charge in [0.25, 0.3) is 0 Å². The Hall–Kier alpha value is -1.88. The first kappa shape index (κ1) is 18.2. The van der Waals surface area contributed by atoms with Crippen molar-refractivity contribution in [1.82, 2.24) is 5.32 Å². The lowest BCUT2D eigenvalue weighted by molar-refractivity contribution is -0.149. The van der Waals surface area contributed by atoms with E-state index in [0.717, 1.165) is 12.0 Å². The minimum Gasteiger partial charge on any atom is -0.465 e. The minimum atomic E-state index is -0.565. The second-order valence-electron chi connectivity index (χ2n) is 5.07. The van der Waals surface area contributed by atoms with Crippen LogP contribution >= 0.6 is 0 Å². The van der Waals surface area contributed by atoms with Crippen molar-refractivity contribution in [3.05, 3.63) is 35.9 Å². The van der Waals surface area contributed by atoms with Gasteiger partial charge in [-0.2, -0.15) is 0 Å². The van der Waals surface area contributed by atoms with E-state index in [9.17, 15) is 9.59 Å². The predicted octanol–water partition coefficient (Wildman–Crippen LogP) is 2.44. The van der Waals surface area contributed by atoms with Crippen molar-refractivity contribution < 1.29 is 19.1 Å². The zero-order chi connectivity index (χ0) is 16.4. The fourth-order valence-corrected chi connectivity index (χ4v) is 2.02. The lowest BCUT2D eigenvalue weighted by Crippen LogP contribution is -2.46. The van der Waals surface area contributed by atoms with E-state index >= 15 is 0 Å². The summed E-state index contributed by atoms with van der Waals surface area (Å²) in [6.45, 7) is 5.98. The number of benzene rings is 1. The molecule has 5 heteroatoms. The van der Waals surface area contributed by atoms with Gasteiger partial charge >= 0.3 is 11.9 Å². The van der Waals surface area contributed by atoms with Crippen molar-refractivity contribution in [2.24, 2.45) is 0 Å². The highest BCUT2D eigenvalue weighted by molar-refractivity contribution is 5.79. The minimum absolute atomic E-state index is 0.226. The summed E-state index contributed by atoms with van der Waals surface area (Å²) >= 11 is 0. The molecule has 2 atom stereocenters. The highest BCUT2D eigenvalue weighted by atomic mass is 16.5. The van der Waals surface area contributed by atoms with E-state index in [4.69, 9.17) is 9.47 Å². The monoisotopic (exact) mass is 307 g/mol. The summed E-state index contributed by atoms with van der Waals surface area (Å²) in [5.41, 5.74) is 0.929. The van der Waals surface area contributed by atoms with Crippen LogP contribution in [-0.4, -0.2) is 30.6 Å². The molecule has 0 radical (unpaired) electrons. The second-order valence-corrected chi connectivity index (χ2v) is 5.07. The Morgan fingerprint density at radius 1 is 1.09 bits per heavy atom. The average molecular weight is 307 g/mol. The number of hydrogen-bond donors (Lipinski definition) is 1. The van der Waals surface area contributed by atoms with Gasteiger partial charge < -0.3 is 9.47 Å². The van der Waals surface area contributed by atoms with E-state index in [1.807, 2.05) is 37.3 Å². The van der Waals surface area contributed by atoms with E-state index in [2.05, 4.69) is 5.32 Å². The van der Waals surface area contributed by atoms with Gasteiger partial charge in [0.1, 0.15) is 18.7 Å². The molecule has 0 fully saturated rings. The van der Waals surface area contributed by atoms with E-state index in [0.29, 0.717) is 13.0 Å². The molecule has 0 heterocycles. The molecule has 22 heavy (non-hydrogen) atoms. The second kappa shape index (κ2) is 9.95. The zero-order valence-corrected chi connectivity index (χ0v) is 13.5. The summed E-state index contributed by atoms with van der Waals surface area (Å²) in [6.07, 6.45) is 1.44. The Bertz CT molecular complexity index is 461. The molecule has 0 bridgehead atoms. The van der Waals surface area contributed by atoms with Crippen LogP contribution in [-0.2, 0) is 25.7 Å². The molecule has 1 aromatic carbocycles. The molecular weight excluding hydrogens is 282 g/mol. The summed E-state index contributed by atoms with van der Waals surface area (Å²) < 4.78 is 10.3. The van der Waals surface area contributed by atoms with Crippen molar-refractivity contribution in [2.75, 3.05) is 6.61 Å². The molecule has 0 amide bonds. The first-order valence-corrected chi connectivity index (χ1v) is 7.71. The Balaban J connectivity index is 2.48. The van der Waals surface area contributed by atoms with Gasteiger partial charge in [0.2, 0.25) is 0 Å². The number of carbonyl (C=O) groups excluding carboxylic acids is 2. The van der Waals surface area contributed by atoms with Crippen LogP contribution in [0.25, 0.3) is 0 Å². The van der Waals surface area contributed by atoms with Gasteiger partial charge in [0, 0.05) is 0 Å². The van der Waals surface area contributed by atoms with Gasteiger partial charge in [-0.25, -0.2) is 0 Å². The molecule has 0 aliphatic heterocycles. The summed E-state index contributed by atoms with van der Waals surface area (Å²) in [7, 11) is 0. The van der Waals surface area contributed by atoms with E-state index < -0.39 is 12.1 Å². The first-order chi connectivity index (χ1) is 10.6. The molecule has 1 aromatic rings. The van der Waals surface area contributed by atoms with Gasteiger partial charge in [0.15, 0.2) is 0 Å². The summed E-state index contributed by atoms with van der Waals surface area (Å²) in [4.78, 5) is 23.8. The van der Waals surface area contributed by atoms with Gasteiger partial charge in [-0.3, -0.25) is 14.9 Å². The van der Waals surface area contributed by atoms with Crippen LogP contribution in [0.2, 0.25) is 0 Å². The molecular formula is C17H25NO4. The van der Waals surface area contributed by atoms with E-state index in [-0.39, 0.29) is 18.5 Å². The summed E-state index contributed by atoms with van der Waals surface area (Å²) in [5.74, 6) is -0.707. The Kier molecular flexibility index (Phi) is 8.22. The van der Waals surface area contributed by atoms with Crippen LogP contribution in [0.15, 0.2) is 30.3 Å². The quantitative estimate of drug-likeness (QED) is 0.710. The highest BCUT2D eigenvalue weighted by Crippen LogP contribution is 2.05. The van der Waals surface area contributed by atoms with E-state index in [1.165, 1.54) is 0 Å². The molecule has 0 aliphatic rings. The smallest absolute Gasteiger partial charge is 0.323 e. The Labute approximate surface area is 132 Å². The van der Waals surface area contributed by atoms with Crippen LogP contribution in [0.1, 0.15) is 39.2 Å². The van der Waals surface area contributed by atoms with Crippen molar-refractivity contribution in [1.29, 1.82) is 0 Å². The standard InChI is InChI=1S/C17H25NO4/c1-4-9-15(17(20)21-5-2)18-13(3)16(19)22-12-14-10-7-6-8-11-14/h6-8,10-11,13,15,18H,4-5,9,12H2,1-3H3/t13-,15?/m1/s1. The number of ether oxygens (including phenoxy) is 2. The maximum Gasteiger partial charge on any atom is 0.323 e. The van der Waals surface area contributed by atoms with Crippen molar-refractivity contribution in [2.45, 2.75) is 52.3 Å². The normalized spacial score (nSPS) is 13.2. The molecule has 0 aromatic heterocycles. The Morgan fingerprint density at radius 3 is 2.36 bits per heavy atom. The molecule has 1 unspecified atom stereocenters. The third kappa shape index (κ3) is 6.26. The molecule has 0 saturated carbocycles. The number of carbonyl (C=O) groups is 2. The Morgan fingerprint density at radius 2 is 1.77 bits per heavy atom. The molecule has 1 N–H and O–H groups in total. The lowest BCUT2D eigenvalue weighted by Gasteiger charge is -2.20. The largest absolute Gasteiger partial charge is 0.465 e. The highest BCUT2D eigenvalue weighted by Gasteiger charge is 2.24. The molecule has 0 spiro atoms. The van der Waals surface area contributed by atoms with Crippen LogP contribution in [0, 0.1) is 0 Å². The molecule has 122 valence electrons. The fourth-order valence-electron chi connectivity index (χ4n) is 2.02. The molecule has 0 aliphatic carbocycles.